The third-order valence-corrected chi connectivity index (χ3v) is 6.99. The molecule has 10 heteroatoms. The number of hydrogen-bond acceptors (Lipinski definition) is 8. The fourth-order valence-corrected chi connectivity index (χ4v) is 5.66. The van der Waals surface area contributed by atoms with E-state index in [1.54, 1.807) is 30.6 Å². The fourth-order valence-electron chi connectivity index (χ4n) is 3.63. The Balaban J connectivity index is 1.52. The van der Waals surface area contributed by atoms with Gasteiger partial charge < -0.3 is 10.1 Å². The standard InChI is InChI=1S/C20H22N4O4S2/c1-3-28-16(26)8-12-10-29-20(22-12)23-15(25)9-24-11(2)21-18-17(19(24)27)13-6-4-5-7-14(13)30-18/h10H,3-9H2,1-2H3,(H,22,23,25). The third-order valence-electron chi connectivity index (χ3n) is 5.00. The van der Waals surface area contributed by atoms with Crippen LogP contribution in [0.5, 0.6) is 0 Å². The van der Waals surface area contributed by atoms with E-state index in [4.69, 9.17) is 4.74 Å². The first kappa shape index (κ1) is 20.7. The summed E-state index contributed by atoms with van der Waals surface area (Å²) < 4.78 is 6.33. The molecule has 30 heavy (non-hydrogen) atoms. The van der Waals surface area contributed by atoms with Crippen LogP contribution in [0.25, 0.3) is 10.2 Å². The predicted octanol–water partition coefficient (Wildman–Crippen LogP) is 2.85. The number of amides is 1. The van der Waals surface area contributed by atoms with Gasteiger partial charge in [0.05, 0.1) is 24.1 Å². The lowest BCUT2D eigenvalue weighted by molar-refractivity contribution is -0.142. The van der Waals surface area contributed by atoms with Crippen LogP contribution in [0.15, 0.2) is 10.2 Å². The van der Waals surface area contributed by atoms with E-state index in [9.17, 15) is 14.4 Å². The van der Waals surface area contributed by atoms with E-state index in [-0.39, 0.29) is 30.4 Å². The number of nitrogens with zero attached hydrogens (tertiary/aromatic N) is 3. The van der Waals surface area contributed by atoms with Crippen molar-refractivity contribution in [3.63, 3.8) is 0 Å². The predicted molar refractivity (Wildman–Crippen MR) is 116 cm³/mol. The number of ether oxygens (including phenoxy) is 1. The first-order chi connectivity index (χ1) is 14.5. The lowest BCUT2D eigenvalue weighted by Gasteiger charge is -2.11. The monoisotopic (exact) mass is 446 g/mol. The minimum absolute atomic E-state index is 0.0582. The average molecular weight is 447 g/mol. The Hall–Kier alpha value is -2.59. The van der Waals surface area contributed by atoms with E-state index in [0.29, 0.717) is 28.6 Å². The van der Waals surface area contributed by atoms with E-state index in [2.05, 4.69) is 15.3 Å². The van der Waals surface area contributed by atoms with Gasteiger partial charge in [-0.1, -0.05) is 0 Å². The van der Waals surface area contributed by atoms with E-state index in [0.717, 1.165) is 36.1 Å². The zero-order chi connectivity index (χ0) is 21.3. The second kappa shape index (κ2) is 8.65. The summed E-state index contributed by atoms with van der Waals surface area (Å²) in [6.45, 7) is 3.66. The van der Waals surface area contributed by atoms with Gasteiger partial charge in [-0.3, -0.25) is 19.0 Å². The molecule has 0 fully saturated rings. The molecule has 1 N–H and O–H groups in total. The number of thiophene rings is 1. The van der Waals surface area contributed by atoms with Gasteiger partial charge in [0.1, 0.15) is 17.2 Å². The number of aryl methyl sites for hydroxylation is 3. The van der Waals surface area contributed by atoms with E-state index in [1.807, 2.05) is 0 Å². The molecule has 158 valence electrons. The largest absolute Gasteiger partial charge is 0.466 e. The van der Waals surface area contributed by atoms with Crippen molar-refractivity contribution in [2.24, 2.45) is 0 Å². The van der Waals surface area contributed by atoms with Crippen molar-refractivity contribution < 1.29 is 14.3 Å². The molecule has 0 saturated carbocycles. The minimum atomic E-state index is -0.360. The van der Waals surface area contributed by atoms with Crippen molar-refractivity contribution in [1.82, 2.24) is 14.5 Å². The zero-order valence-electron chi connectivity index (χ0n) is 16.8. The van der Waals surface area contributed by atoms with Crippen molar-refractivity contribution in [3.8, 4) is 0 Å². The van der Waals surface area contributed by atoms with Gasteiger partial charge in [-0.25, -0.2) is 9.97 Å². The van der Waals surface area contributed by atoms with E-state index >= 15 is 0 Å². The number of anilines is 1. The highest BCUT2D eigenvalue weighted by Crippen LogP contribution is 2.33. The molecule has 8 nitrogen and oxygen atoms in total. The number of nitrogens with one attached hydrogen (secondary N) is 1. The molecule has 4 rings (SSSR count). The summed E-state index contributed by atoms with van der Waals surface area (Å²) in [6, 6.07) is 0. The van der Waals surface area contributed by atoms with Gasteiger partial charge in [0.15, 0.2) is 5.13 Å². The van der Waals surface area contributed by atoms with Crippen LogP contribution >= 0.6 is 22.7 Å². The molecule has 1 aliphatic rings. The fraction of sp³-hybridized carbons (Fsp3) is 0.450. The molecule has 3 heterocycles. The lowest BCUT2D eigenvalue weighted by atomic mass is 9.97. The molecular weight excluding hydrogens is 424 g/mol. The summed E-state index contributed by atoms with van der Waals surface area (Å²) >= 11 is 2.83. The van der Waals surface area contributed by atoms with Crippen LogP contribution in [0.3, 0.4) is 0 Å². The smallest absolute Gasteiger partial charge is 0.311 e. The number of esters is 1. The van der Waals surface area contributed by atoms with Crippen molar-refractivity contribution in [2.75, 3.05) is 11.9 Å². The van der Waals surface area contributed by atoms with Crippen molar-refractivity contribution in [2.45, 2.75) is 52.5 Å². The Morgan fingerprint density at radius 2 is 2.07 bits per heavy atom. The number of aromatic nitrogens is 3. The second-order valence-electron chi connectivity index (χ2n) is 7.12. The summed E-state index contributed by atoms with van der Waals surface area (Å²) in [5.41, 5.74) is 1.49. The topological polar surface area (TPSA) is 103 Å². The maximum atomic E-state index is 13.1. The Morgan fingerprint density at radius 3 is 2.87 bits per heavy atom. The normalized spacial score (nSPS) is 13.3. The Morgan fingerprint density at radius 1 is 1.27 bits per heavy atom. The summed E-state index contributed by atoms with van der Waals surface area (Å²) in [5.74, 6) is -0.202. The van der Waals surface area contributed by atoms with Gasteiger partial charge >= 0.3 is 5.97 Å². The van der Waals surface area contributed by atoms with Gasteiger partial charge in [-0.05, 0) is 45.1 Å². The van der Waals surface area contributed by atoms with Crippen LogP contribution < -0.4 is 10.9 Å². The molecule has 0 spiro atoms. The maximum Gasteiger partial charge on any atom is 0.311 e. The molecule has 0 atom stereocenters. The molecule has 1 amide bonds. The highest BCUT2D eigenvalue weighted by atomic mass is 32.1. The molecule has 0 saturated heterocycles. The number of fused-ring (bicyclic) bond motifs is 3. The molecule has 0 aromatic carbocycles. The summed E-state index contributed by atoms with van der Waals surface area (Å²) in [5, 5.41) is 5.46. The van der Waals surface area contributed by atoms with Gasteiger partial charge in [0.25, 0.3) is 5.56 Å². The van der Waals surface area contributed by atoms with Crippen LogP contribution in [-0.2, 0) is 40.1 Å². The molecule has 0 bridgehead atoms. The first-order valence-electron chi connectivity index (χ1n) is 9.87. The zero-order valence-corrected chi connectivity index (χ0v) is 18.5. The Labute approximate surface area is 180 Å². The highest BCUT2D eigenvalue weighted by molar-refractivity contribution is 7.18. The lowest BCUT2D eigenvalue weighted by Crippen LogP contribution is -2.30. The number of hydrogen-bond donors (Lipinski definition) is 1. The van der Waals surface area contributed by atoms with Crippen LogP contribution in [0.4, 0.5) is 5.13 Å². The van der Waals surface area contributed by atoms with Crippen LogP contribution in [-0.4, -0.2) is 33.0 Å². The molecule has 3 aromatic heterocycles. The van der Waals surface area contributed by atoms with Gasteiger partial charge in [0, 0.05) is 10.3 Å². The molecular formula is C20H22N4O4S2. The van der Waals surface area contributed by atoms with E-state index < -0.39 is 0 Å². The maximum absolute atomic E-state index is 13.1. The quantitative estimate of drug-likeness (QED) is 0.584. The second-order valence-corrected chi connectivity index (χ2v) is 9.06. The van der Waals surface area contributed by atoms with E-state index in [1.165, 1.54) is 20.8 Å². The number of rotatable bonds is 6. The molecule has 1 aliphatic carbocycles. The molecule has 3 aromatic rings. The molecule has 0 radical (unpaired) electrons. The first-order valence-corrected chi connectivity index (χ1v) is 11.6. The van der Waals surface area contributed by atoms with Crippen LogP contribution in [0.1, 0.15) is 41.7 Å². The summed E-state index contributed by atoms with van der Waals surface area (Å²) in [7, 11) is 0. The Kier molecular flexibility index (Phi) is 5.96. The van der Waals surface area contributed by atoms with Gasteiger partial charge in [-0.2, -0.15) is 0 Å². The number of carbonyl (C=O) groups excluding carboxylic acids is 2. The molecule has 0 unspecified atom stereocenters. The van der Waals surface area contributed by atoms with Gasteiger partial charge in [0.2, 0.25) is 5.91 Å². The number of carbonyl (C=O) groups is 2. The summed E-state index contributed by atoms with van der Waals surface area (Å²) in [4.78, 5) is 48.1. The Bertz CT molecular complexity index is 1180. The van der Waals surface area contributed by atoms with Crippen LogP contribution in [0, 0.1) is 6.92 Å². The third kappa shape index (κ3) is 4.15. The highest BCUT2D eigenvalue weighted by Gasteiger charge is 2.22. The van der Waals surface area contributed by atoms with Gasteiger partial charge in [-0.15, -0.1) is 22.7 Å². The van der Waals surface area contributed by atoms with Crippen molar-refractivity contribution in [1.29, 1.82) is 0 Å². The molecule has 0 aliphatic heterocycles. The summed E-state index contributed by atoms with van der Waals surface area (Å²) in [6.07, 6.45) is 4.16. The van der Waals surface area contributed by atoms with Crippen molar-refractivity contribution in [3.05, 3.63) is 37.7 Å². The van der Waals surface area contributed by atoms with Crippen molar-refractivity contribution >= 4 is 49.9 Å². The SMILES string of the molecule is CCOC(=O)Cc1csc(NC(=O)Cn2c(C)nc3sc4c(c3c2=O)CCCC4)n1. The number of thiazole rings is 1. The average Bonchev–Trinajstić information content (AvgIpc) is 3.28. The minimum Gasteiger partial charge on any atom is -0.466 e. The van der Waals surface area contributed by atoms with Crippen LogP contribution in [0.2, 0.25) is 0 Å².